The van der Waals surface area contributed by atoms with Crippen LogP contribution in [-0.2, 0) is 21.5 Å². The van der Waals surface area contributed by atoms with Crippen molar-refractivity contribution in [3.63, 3.8) is 0 Å². The molecule has 212 valence electrons. The van der Waals surface area contributed by atoms with Crippen LogP contribution in [0.25, 0.3) is 0 Å². The van der Waals surface area contributed by atoms with Gasteiger partial charge in [-0.05, 0) is 56.7 Å². The minimum absolute atomic E-state index is 0.00534. The van der Waals surface area contributed by atoms with Gasteiger partial charge in [-0.2, -0.15) is 13.4 Å². The first-order valence-corrected chi connectivity index (χ1v) is 14.1. The summed E-state index contributed by atoms with van der Waals surface area (Å²) < 4.78 is 38.2. The molecule has 0 aromatic heterocycles. The molecule has 39 heavy (non-hydrogen) atoms. The number of hydrogen-bond donors (Lipinski definition) is 3. The van der Waals surface area contributed by atoms with Gasteiger partial charge >= 0.3 is 0 Å². The second-order valence-electron chi connectivity index (χ2n) is 9.15. The Morgan fingerprint density at radius 1 is 1.18 bits per heavy atom. The summed E-state index contributed by atoms with van der Waals surface area (Å²) in [5.74, 6) is 0.675. The summed E-state index contributed by atoms with van der Waals surface area (Å²) in [5.41, 5.74) is 13.3. The highest BCUT2D eigenvalue weighted by molar-refractivity contribution is 7.85. The van der Waals surface area contributed by atoms with E-state index in [4.69, 9.17) is 37.1 Å². The molecule has 1 fully saturated rings. The van der Waals surface area contributed by atoms with Crippen LogP contribution in [0.2, 0.25) is 5.02 Å². The van der Waals surface area contributed by atoms with Gasteiger partial charge in [0.25, 0.3) is 16.0 Å². The molecule has 2 aliphatic rings. The van der Waals surface area contributed by atoms with E-state index < -0.39 is 15.8 Å². The quantitative estimate of drug-likeness (QED) is 0.434. The van der Waals surface area contributed by atoms with Gasteiger partial charge in [0.1, 0.15) is 18.0 Å². The van der Waals surface area contributed by atoms with Crippen LogP contribution in [0.4, 0.5) is 5.69 Å². The largest absolute Gasteiger partial charge is 0.487 e. The number of carbonyl (C=O) groups is 1. The van der Waals surface area contributed by atoms with E-state index in [1.807, 2.05) is 44.2 Å². The monoisotopic (exact) mass is 580 g/mol. The number of nitrogens with zero attached hydrogens (tertiary/aromatic N) is 4. The lowest BCUT2D eigenvalue weighted by atomic mass is 10.1. The molecular formula is C25H33ClN6O6S. The van der Waals surface area contributed by atoms with Crippen molar-refractivity contribution in [1.82, 2.24) is 4.90 Å². The molecule has 0 aliphatic carbocycles. The highest BCUT2D eigenvalue weighted by Gasteiger charge is 2.33. The first kappa shape index (κ1) is 30.2. The Morgan fingerprint density at radius 3 is 2.44 bits per heavy atom. The van der Waals surface area contributed by atoms with E-state index in [-0.39, 0.29) is 30.2 Å². The molecular weight excluding hydrogens is 548 g/mol. The number of benzene rings is 2. The molecule has 0 saturated carbocycles. The van der Waals surface area contributed by atoms with Crippen molar-refractivity contribution in [2.45, 2.75) is 33.0 Å². The maximum Gasteiger partial charge on any atom is 0.264 e. The Hall–Kier alpha value is -3.39. The lowest BCUT2D eigenvalue weighted by Crippen LogP contribution is -2.54. The number of nitrogens with two attached hydrogens (primary N) is 2. The fourth-order valence-corrected chi connectivity index (χ4v) is 4.13. The van der Waals surface area contributed by atoms with Crippen molar-refractivity contribution in [3.05, 3.63) is 58.6 Å². The third kappa shape index (κ3) is 8.30. The zero-order valence-corrected chi connectivity index (χ0v) is 23.6. The maximum absolute atomic E-state index is 12.7. The molecule has 0 unspecified atom stereocenters. The number of morpholine rings is 1. The molecule has 12 nitrogen and oxygen atoms in total. The minimum Gasteiger partial charge on any atom is -0.487 e. The first-order valence-electron chi connectivity index (χ1n) is 12.1. The molecule has 4 rings (SSSR count). The predicted molar refractivity (Wildman–Crippen MR) is 151 cm³/mol. The number of aliphatic imine (C=N–C) groups is 2. The van der Waals surface area contributed by atoms with E-state index in [0.29, 0.717) is 48.3 Å². The molecule has 2 aromatic carbocycles. The van der Waals surface area contributed by atoms with Crippen molar-refractivity contribution in [2.75, 3.05) is 37.0 Å². The summed E-state index contributed by atoms with van der Waals surface area (Å²) in [4.78, 5) is 24.7. The Kier molecular flexibility index (Phi) is 9.78. The number of ether oxygens (including phenoxy) is 2. The number of rotatable bonds is 6. The van der Waals surface area contributed by atoms with E-state index >= 15 is 0 Å². The van der Waals surface area contributed by atoms with Crippen molar-refractivity contribution in [2.24, 2.45) is 21.5 Å². The van der Waals surface area contributed by atoms with E-state index in [9.17, 15) is 13.2 Å². The molecule has 0 bridgehead atoms. The molecule has 2 aromatic rings. The molecule has 1 amide bonds. The molecule has 1 saturated heterocycles. The number of amides is 1. The molecule has 0 spiro atoms. The average molecular weight is 581 g/mol. The van der Waals surface area contributed by atoms with Gasteiger partial charge in [-0.3, -0.25) is 14.2 Å². The second kappa shape index (κ2) is 12.6. The fourth-order valence-electron chi connectivity index (χ4n) is 3.90. The summed E-state index contributed by atoms with van der Waals surface area (Å²) in [6.45, 7) is 7.72. The summed E-state index contributed by atoms with van der Waals surface area (Å²) >= 11 is 6.50. The second-order valence-corrected chi connectivity index (χ2v) is 11.3. The number of anilines is 1. The Labute approximate surface area is 233 Å². The van der Waals surface area contributed by atoms with Gasteiger partial charge in [0.2, 0.25) is 11.9 Å². The number of halogens is 1. The Morgan fingerprint density at radius 2 is 1.85 bits per heavy atom. The molecule has 5 N–H and O–H groups in total. The summed E-state index contributed by atoms with van der Waals surface area (Å²) in [5, 5.41) is 0.416. The van der Waals surface area contributed by atoms with Crippen LogP contribution in [0, 0.1) is 0 Å². The highest BCUT2D eigenvalue weighted by atomic mass is 35.5. The van der Waals surface area contributed by atoms with Gasteiger partial charge in [0.15, 0.2) is 0 Å². The van der Waals surface area contributed by atoms with Gasteiger partial charge in [0, 0.05) is 24.3 Å². The van der Waals surface area contributed by atoms with Gasteiger partial charge in [-0.25, -0.2) is 4.99 Å². The molecule has 2 aliphatic heterocycles. The standard InChI is InChI=1S/C23H27ClN6O3.C2H6O3S/c1-23(2)28-21(25)27-22(26)30(23)17-6-7-19(18(24)13-17)33-14-15-4-3-5-16(12-15)20(31)29-8-10-32-11-9-29;1-2-6(3,4)5/h3-7,12-13H,8-11,14H2,1-2H3,(H4,25,26,27,28);2H2,1H3,(H,3,4,5). The molecule has 2 heterocycles. The Bertz CT molecular complexity index is 1360. The van der Waals surface area contributed by atoms with Gasteiger partial charge in [-0.1, -0.05) is 23.7 Å². The van der Waals surface area contributed by atoms with Crippen molar-refractivity contribution in [1.29, 1.82) is 0 Å². The number of carbonyl (C=O) groups excluding carboxylic acids is 1. The highest BCUT2D eigenvalue weighted by Crippen LogP contribution is 2.34. The maximum atomic E-state index is 12.7. The zero-order valence-electron chi connectivity index (χ0n) is 22.0. The number of hydrogen-bond acceptors (Lipinski definition) is 10. The normalized spacial score (nSPS) is 16.9. The topological polar surface area (TPSA) is 173 Å². The number of guanidine groups is 2. The average Bonchev–Trinajstić information content (AvgIpc) is 2.87. The summed E-state index contributed by atoms with van der Waals surface area (Å²) in [6.07, 6.45) is 0. The third-order valence-corrected chi connectivity index (χ3v) is 6.82. The summed E-state index contributed by atoms with van der Waals surface area (Å²) in [6, 6.07) is 12.8. The van der Waals surface area contributed by atoms with Gasteiger partial charge in [-0.15, -0.1) is 0 Å². The van der Waals surface area contributed by atoms with E-state index in [1.54, 1.807) is 21.9 Å². The van der Waals surface area contributed by atoms with E-state index in [1.165, 1.54) is 6.92 Å². The molecule has 0 atom stereocenters. The van der Waals surface area contributed by atoms with Crippen LogP contribution in [0.5, 0.6) is 5.75 Å². The smallest absolute Gasteiger partial charge is 0.264 e. The van der Waals surface area contributed by atoms with E-state index in [0.717, 1.165) is 5.56 Å². The lowest BCUT2D eigenvalue weighted by Gasteiger charge is -2.38. The van der Waals surface area contributed by atoms with Crippen molar-refractivity contribution < 1.29 is 27.2 Å². The minimum atomic E-state index is -3.66. The first-order chi connectivity index (χ1) is 18.3. The van der Waals surface area contributed by atoms with Crippen molar-refractivity contribution in [3.8, 4) is 5.75 Å². The van der Waals surface area contributed by atoms with Crippen LogP contribution in [-0.4, -0.2) is 73.4 Å². The van der Waals surface area contributed by atoms with Crippen LogP contribution >= 0.6 is 11.6 Å². The van der Waals surface area contributed by atoms with Gasteiger partial charge < -0.3 is 25.8 Å². The fraction of sp³-hybridized carbons (Fsp3) is 0.400. The van der Waals surface area contributed by atoms with Crippen LogP contribution in [0.3, 0.4) is 0 Å². The zero-order chi connectivity index (χ0) is 28.8. The Balaban J connectivity index is 0.000000631. The van der Waals surface area contributed by atoms with Crippen molar-refractivity contribution >= 4 is 45.2 Å². The SMILES string of the molecule is CC1(C)N=C(N)N=C(N)N1c1ccc(OCc2cccc(C(=O)N3CCOCC3)c2)c(Cl)c1.CCS(=O)(=O)O. The van der Waals surface area contributed by atoms with Crippen LogP contribution in [0.1, 0.15) is 36.7 Å². The molecule has 0 radical (unpaired) electrons. The van der Waals surface area contributed by atoms with Crippen LogP contribution < -0.4 is 21.1 Å². The molecule has 14 heteroatoms. The van der Waals surface area contributed by atoms with Gasteiger partial charge in [0.05, 0.1) is 24.0 Å². The summed E-state index contributed by atoms with van der Waals surface area (Å²) in [7, 11) is -3.66. The van der Waals surface area contributed by atoms with Crippen LogP contribution in [0.15, 0.2) is 52.4 Å². The van der Waals surface area contributed by atoms with E-state index in [2.05, 4.69) is 9.98 Å². The predicted octanol–water partition coefficient (Wildman–Crippen LogP) is 2.47. The lowest BCUT2D eigenvalue weighted by molar-refractivity contribution is 0.0303. The third-order valence-electron chi connectivity index (χ3n) is 5.80.